The first-order valence-corrected chi connectivity index (χ1v) is 6.40. The second kappa shape index (κ2) is 12.7. The smallest absolute Gasteiger partial charge is 0.115 e. The molecule has 3 rings (SSSR count). The minimum absolute atomic E-state index is 0. The van der Waals surface area contributed by atoms with Gasteiger partial charge in [-0.3, -0.25) is 0 Å². The summed E-state index contributed by atoms with van der Waals surface area (Å²) in [6.45, 7) is 0. The van der Waals surface area contributed by atoms with Gasteiger partial charge in [0.1, 0.15) is 17.2 Å². The number of aromatic hydroxyl groups is 3. The Bertz CT molecular complexity index is 497. The van der Waals surface area contributed by atoms with E-state index in [-0.39, 0.29) is 25.8 Å². The van der Waals surface area contributed by atoms with E-state index in [4.69, 9.17) is 15.3 Å². The van der Waals surface area contributed by atoms with Gasteiger partial charge in [-0.1, -0.05) is 54.6 Å². The van der Waals surface area contributed by atoms with Gasteiger partial charge in [-0.05, 0) is 36.4 Å². The van der Waals surface area contributed by atoms with Crippen molar-refractivity contribution in [2.75, 3.05) is 0 Å². The van der Waals surface area contributed by atoms with Crippen LogP contribution in [0.3, 0.4) is 0 Å². The molecule has 0 aliphatic heterocycles. The first kappa shape index (κ1) is 19.9. The van der Waals surface area contributed by atoms with Crippen LogP contribution in [0, 0.1) is 0 Å². The normalized spacial score (nSPS) is 8.18. The van der Waals surface area contributed by atoms with E-state index in [0.717, 1.165) is 0 Å². The molecule has 0 bridgehead atoms. The SMILES string of the molecule is Oc1ccccc1.Oc1ccccc1.Oc1ccccc1.[Sc]. The molecule has 3 aromatic carbocycles. The third-order valence-electron chi connectivity index (χ3n) is 2.27. The van der Waals surface area contributed by atoms with Crippen LogP contribution in [0.15, 0.2) is 91.0 Å². The monoisotopic (exact) mass is 327 g/mol. The van der Waals surface area contributed by atoms with Gasteiger partial charge in [-0.15, -0.1) is 0 Å². The molecule has 0 aliphatic rings. The number of hydrogen-bond acceptors (Lipinski definition) is 3. The maximum absolute atomic E-state index is 8.63. The zero-order valence-corrected chi connectivity index (χ0v) is 13.9. The number of phenolic OH excluding ortho intramolecular Hbond substituents is 3. The molecule has 0 amide bonds. The predicted octanol–water partition coefficient (Wildman–Crippen LogP) is 4.17. The van der Waals surface area contributed by atoms with Crippen LogP contribution in [0.25, 0.3) is 0 Å². The van der Waals surface area contributed by atoms with E-state index < -0.39 is 0 Å². The summed E-state index contributed by atoms with van der Waals surface area (Å²) in [5, 5.41) is 25.9. The Balaban J connectivity index is 0.000000294. The Labute approximate surface area is 149 Å². The van der Waals surface area contributed by atoms with Gasteiger partial charge >= 0.3 is 0 Å². The van der Waals surface area contributed by atoms with Crippen molar-refractivity contribution in [2.45, 2.75) is 0 Å². The first-order valence-electron chi connectivity index (χ1n) is 6.40. The minimum Gasteiger partial charge on any atom is -0.508 e. The van der Waals surface area contributed by atoms with Crippen molar-refractivity contribution in [3.8, 4) is 17.2 Å². The average molecular weight is 327 g/mol. The summed E-state index contributed by atoms with van der Waals surface area (Å²) in [7, 11) is 0. The predicted molar refractivity (Wildman–Crippen MR) is 84.3 cm³/mol. The first-order chi connectivity index (χ1) is 10.2. The van der Waals surface area contributed by atoms with Crippen LogP contribution in [0.1, 0.15) is 0 Å². The van der Waals surface area contributed by atoms with Crippen LogP contribution in [0.2, 0.25) is 0 Å². The van der Waals surface area contributed by atoms with Crippen molar-refractivity contribution in [1.29, 1.82) is 0 Å². The van der Waals surface area contributed by atoms with Crippen molar-refractivity contribution in [3.05, 3.63) is 91.0 Å². The molecule has 0 heterocycles. The molecular formula is C18H18O3Sc. The molecule has 0 aromatic heterocycles. The largest absolute Gasteiger partial charge is 0.508 e. The molecule has 0 atom stereocenters. The van der Waals surface area contributed by atoms with Crippen LogP contribution < -0.4 is 0 Å². The average Bonchev–Trinajstić information content (AvgIpc) is 2.51. The number of rotatable bonds is 0. The van der Waals surface area contributed by atoms with Gasteiger partial charge in [-0.25, -0.2) is 0 Å². The van der Waals surface area contributed by atoms with E-state index in [1.165, 1.54) is 0 Å². The zero-order chi connectivity index (χ0) is 15.3. The van der Waals surface area contributed by atoms with E-state index in [9.17, 15) is 0 Å². The zero-order valence-electron chi connectivity index (χ0n) is 12.1. The molecular weight excluding hydrogens is 309 g/mol. The second-order valence-electron chi connectivity index (χ2n) is 4.01. The summed E-state index contributed by atoms with van der Waals surface area (Å²) in [6, 6.07) is 26.1. The topological polar surface area (TPSA) is 60.7 Å². The van der Waals surface area contributed by atoms with Gasteiger partial charge in [0.15, 0.2) is 0 Å². The summed E-state index contributed by atoms with van der Waals surface area (Å²) >= 11 is 0. The van der Waals surface area contributed by atoms with Gasteiger partial charge < -0.3 is 15.3 Å². The number of hydrogen-bond donors (Lipinski definition) is 3. The van der Waals surface area contributed by atoms with Gasteiger partial charge in [0, 0.05) is 25.8 Å². The standard InChI is InChI=1S/3C6H6O.Sc/c3*7-6-4-2-1-3-5-6;/h3*1-5,7H;. The molecule has 1 radical (unpaired) electrons. The summed E-state index contributed by atoms with van der Waals surface area (Å²) in [5.41, 5.74) is 0. The van der Waals surface area contributed by atoms with E-state index in [1.807, 2.05) is 18.2 Å². The van der Waals surface area contributed by atoms with Gasteiger partial charge in [-0.2, -0.15) is 0 Å². The van der Waals surface area contributed by atoms with Gasteiger partial charge in [0.05, 0.1) is 0 Å². The Kier molecular flexibility index (Phi) is 11.5. The maximum Gasteiger partial charge on any atom is 0.115 e. The Morgan fingerprint density at radius 1 is 0.364 bits per heavy atom. The van der Waals surface area contributed by atoms with Crippen molar-refractivity contribution in [1.82, 2.24) is 0 Å². The molecule has 0 unspecified atom stereocenters. The van der Waals surface area contributed by atoms with Crippen molar-refractivity contribution < 1.29 is 41.2 Å². The van der Waals surface area contributed by atoms with E-state index in [2.05, 4.69) is 0 Å². The third-order valence-corrected chi connectivity index (χ3v) is 2.27. The summed E-state index contributed by atoms with van der Waals surface area (Å²) in [4.78, 5) is 0. The van der Waals surface area contributed by atoms with Crippen LogP contribution >= 0.6 is 0 Å². The van der Waals surface area contributed by atoms with Crippen LogP contribution in [0.4, 0.5) is 0 Å². The van der Waals surface area contributed by atoms with Crippen molar-refractivity contribution in [2.24, 2.45) is 0 Å². The number of phenols is 3. The minimum atomic E-state index is 0. The van der Waals surface area contributed by atoms with Crippen molar-refractivity contribution >= 4 is 0 Å². The van der Waals surface area contributed by atoms with E-state index >= 15 is 0 Å². The molecule has 0 saturated carbocycles. The fourth-order valence-electron chi connectivity index (χ4n) is 1.28. The molecule has 0 aliphatic carbocycles. The molecule has 3 aromatic rings. The molecule has 0 saturated heterocycles. The Morgan fingerprint density at radius 2 is 0.545 bits per heavy atom. The maximum atomic E-state index is 8.63. The molecule has 3 N–H and O–H groups in total. The molecule has 0 fully saturated rings. The quantitative estimate of drug-likeness (QED) is 0.581. The van der Waals surface area contributed by atoms with E-state index in [0.29, 0.717) is 17.2 Å². The van der Waals surface area contributed by atoms with Crippen LogP contribution in [-0.2, 0) is 25.8 Å². The van der Waals surface area contributed by atoms with Crippen LogP contribution in [0.5, 0.6) is 17.2 Å². The summed E-state index contributed by atoms with van der Waals surface area (Å²) in [5.74, 6) is 0.965. The Hall–Kier alpha value is -2.07. The fraction of sp³-hybridized carbons (Fsp3) is 0. The van der Waals surface area contributed by atoms with E-state index in [1.54, 1.807) is 72.8 Å². The molecule has 0 spiro atoms. The second-order valence-corrected chi connectivity index (χ2v) is 4.01. The van der Waals surface area contributed by atoms with Crippen molar-refractivity contribution in [3.63, 3.8) is 0 Å². The van der Waals surface area contributed by atoms with Gasteiger partial charge in [0.25, 0.3) is 0 Å². The fourth-order valence-corrected chi connectivity index (χ4v) is 1.28. The third kappa shape index (κ3) is 10.7. The molecule has 3 nitrogen and oxygen atoms in total. The Morgan fingerprint density at radius 3 is 0.636 bits per heavy atom. The van der Waals surface area contributed by atoms with Crippen LogP contribution in [-0.4, -0.2) is 15.3 Å². The summed E-state index contributed by atoms with van der Waals surface area (Å²) in [6.07, 6.45) is 0. The number of para-hydroxylation sites is 3. The molecule has 22 heavy (non-hydrogen) atoms. The molecule has 111 valence electrons. The summed E-state index contributed by atoms with van der Waals surface area (Å²) < 4.78 is 0. The van der Waals surface area contributed by atoms with Gasteiger partial charge in [0.2, 0.25) is 0 Å². The number of benzene rings is 3. The molecule has 4 heteroatoms.